The minimum absolute atomic E-state index is 0.101. The molecule has 0 fully saturated rings. The molecule has 1 unspecified atom stereocenters. The number of nitrogens with zero attached hydrogens (tertiary/aromatic N) is 5. The zero-order valence-electron chi connectivity index (χ0n) is 18.2. The van der Waals surface area contributed by atoms with Crippen molar-refractivity contribution in [1.29, 1.82) is 0 Å². The highest BCUT2D eigenvalue weighted by Gasteiger charge is 2.42. The third-order valence-electron chi connectivity index (χ3n) is 4.88. The highest BCUT2D eigenvalue weighted by Crippen LogP contribution is 2.34. The SMILES string of the molecule is Cc1cc(F)cnc1C(=O)Nc1ccc(F)c([C@]2(C)CS(=O)(=NCC(F)(F)F)N(C)C(N)=N2)n1. The number of anilines is 1. The number of rotatable bonds is 4. The minimum atomic E-state index is -4.72. The maximum absolute atomic E-state index is 14.8. The molecule has 0 spiro atoms. The summed E-state index contributed by atoms with van der Waals surface area (Å²) in [6, 6.07) is 3.18. The van der Waals surface area contributed by atoms with E-state index in [0.717, 1.165) is 28.7 Å². The number of carbonyl (C=O) groups is 1. The molecule has 0 saturated heterocycles. The molecule has 1 aliphatic rings. The Kier molecular flexibility index (Phi) is 6.52. The first kappa shape index (κ1) is 25.3. The molecule has 2 aromatic heterocycles. The Hall–Kier alpha value is -3.36. The normalized spacial score (nSPS) is 22.8. The van der Waals surface area contributed by atoms with Crippen molar-refractivity contribution in [2.45, 2.75) is 25.6 Å². The molecule has 0 aliphatic carbocycles. The Morgan fingerprint density at radius 1 is 1.35 bits per heavy atom. The summed E-state index contributed by atoms with van der Waals surface area (Å²) in [5.41, 5.74) is 3.73. The van der Waals surface area contributed by atoms with E-state index in [4.69, 9.17) is 5.73 Å². The van der Waals surface area contributed by atoms with Gasteiger partial charge in [-0.2, -0.15) is 13.2 Å². The van der Waals surface area contributed by atoms with Crippen LogP contribution in [0, 0.1) is 18.6 Å². The Bertz CT molecular complexity index is 1290. The summed E-state index contributed by atoms with van der Waals surface area (Å²) >= 11 is 0. The number of guanidine groups is 1. The lowest BCUT2D eigenvalue weighted by Crippen LogP contribution is -2.51. The van der Waals surface area contributed by atoms with Crippen molar-refractivity contribution in [2.24, 2.45) is 15.1 Å². The summed E-state index contributed by atoms with van der Waals surface area (Å²) in [6.07, 6.45) is -3.87. The second kappa shape index (κ2) is 8.77. The lowest BCUT2D eigenvalue weighted by molar-refractivity contribution is -0.117. The zero-order chi connectivity index (χ0) is 25.5. The number of aliphatic imine (C=N–C) groups is 1. The average molecular weight is 505 g/mol. The van der Waals surface area contributed by atoms with Crippen LogP contribution in [0.15, 0.2) is 33.8 Å². The number of halogens is 5. The van der Waals surface area contributed by atoms with Crippen LogP contribution in [0.25, 0.3) is 0 Å². The number of amides is 1. The van der Waals surface area contributed by atoms with Gasteiger partial charge in [0.25, 0.3) is 5.91 Å². The van der Waals surface area contributed by atoms with Gasteiger partial charge in [-0.3, -0.25) is 9.10 Å². The third-order valence-corrected chi connectivity index (χ3v) is 7.40. The molecule has 0 bridgehead atoms. The molecule has 3 heterocycles. The summed E-state index contributed by atoms with van der Waals surface area (Å²) in [5.74, 6) is -3.54. The van der Waals surface area contributed by atoms with E-state index in [-0.39, 0.29) is 17.1 Å². The molecule has 2 aromatic rings. The number of nitrogens with two attached hydrogens (primary N) is 1. The number of aromatic nitrogens is 2. The molecule has 3 N–H and O–H groups in total. The van der Waals surface area contributed by atoms with Crippen LogP contribution in [-0.4, -0.2) is 55.9 Å². The van der Waals surface area contributed by atoms with Crippen LogP contribution in [0.3, 0.4) is 0 Å². The maximum atomic E-state index is 14.8. The smallest absolute Gasteiger partial charge is 0.369 e. The maximum Gasteiger partial charge on any atom is 0.408 e. The number of alkyl halides is 3. The Morgan fingerprint density at radius 2 is 2.03 bits per heavy atom. The number of nitrogens with one attached hydrogen (secondary N) is 1. The first-order chi connectivity index (χ1) is 15.6. The van der Waals surface area contributed by atoms with Crippen molar-refractivity contribution in [2.75, 3.05) is 24.7 Å². The van der Waals surface area contributed by atoms with Gasteiger partial charge in [0.1, 0.15) is 50.8 Å². The van der Waals surface area contributed by atoms with Crippen molar-refractivity contribution < 1.29 is 31.0 Å². The van der Waals surface area contributed by atoms with Crippen LogP contribution in [0.4, 0.5) is 27.8 Å². The molecule has 184 valence electrons. The highest BCUT2D eigenvalue weighted by atomic mass is 32.2. The molecule has 1 amide bonds. The van der Waals surface area contributed by atoms with E-state index in [9.17, 15) is 31.0 Å². The van der Waals surface area contributed by atoms with Crippen molar-refractivity contribution in [3.8, 4) is 0 Å². The minimum Gasteiger partial charge on any atom is -0.369 e. The van der Waals surface area contributed by atoms with Gasteiger partial charge in [-0.1, -0.05) is 0 Å². The zero-order valence-corrected chi connectivity index (χ0v) is 19.0. The lowest BCUT2D eigenvalue weighted by Gasteiger charge is -2.36. The fourth-order valence-corrected chi connectivity index (χ4v) is 5.31. The quantitative estimate of drug-likeness (QED) is 0.618. The van der Waals surface area contributed by atoms with Gasteiger partial charge in [-0.25, -0.2) is 32.3 Å². The second-order valence-corrected chi connectivity index (χ2v) is 10.0. The van der Waals surface area contributed by atoms with Gasteiger partial charge in [0.15, 0.2) is 0 Å². The molecule has 1 aliphatic heterocycles. The highest BCUT2D eigenvalue weighted by molar-refractivity contribution is 7.92. The van der Waals surface area contributed by atoms with Crippen molar-refractivity contribution >= 4 is 27.6 Å². The van der Waals surface area contributed by atoms with Crippen molar-refractivity contribution in [1.82, 2.24) is 14.3 Å². The summed E-state index contributed by atoms with van der Waals surface area (Å²) in [6.45, 7) is 1.06. The van der Waals surface area contributed by atoms with Crippen LogP contribution in [0.5, 0.6) is 0 Å². The number of hydrogen-bond donors (Lipinski definition) is 2. The molecule has 0 saturated carbocycles. The summed E-state index contributed by atoms with van der Waals surface area (Å²) < 4.78 is 83.5. The first-order valence-electron chi connectivity index (χ1n) is 9.61. The standard InChI is InChI=1S/C19H20F5N7O2S/c1-10-6-11(20)7-26-14(10)16(32)29-13-5-4-12(21)15(28-13)18(2)9-34(33,27-8-19(22,23)24)31(3)17(25)30-18/h4-7H,8-9H2,1-3H3,(H2,25,30)(H,28,29,32)/t18-,34?/m0/s1. The molecular weight excluding hydrogens is 485 g/mol. The number of hydrogen-bond acceptors (Lipinski definition) is 7. The number of pyridine rings is 2. The largest absolute Gasteiger partial charge is 0.408 e. The fourth-order valence-electron chi connectivity index (χ4n) is 3.24. The van der Waals surface area contributed by atoms with Gasteiger partial charge in [-0.05, 0) is 37.6 Å². The van der Waals surface area contributed by atoms with Gasteiger partial charge in [-0.15, -0.1) is 0 Å². The van der Waals surface area contributed by atoms with Crippen LogP contribution in [0.1, 0.15) is 28.7 Å². The molecule has 9 nitrogen and oxygen atoms in total. The van der Waals surface area contributed by atoms with Gasteiger partial charge < -0.3 is 11.1 Å². The lowest BCUT2D eigenvalue weighted by atomic mass is 10.00. The van der Waals surface area contributed by atoms with Crippen LogP contribution in [-0.2, 0) is 15.5 Å². The van der Waals surface area contributed by atoms with E-state index in [1.807, 2.05) is 0 Å². The summed E-state index contributed by atoms with van der Waals surface area (Å²) in [4.78, 5) is 24.4. The topological polar surface area (TPSA) is 126 Å². The number of aryl methyl sites for hydroxylation is 1. The molecule has 3 rings (SSSR count). The molecule has 0 radical (unpaired) electrons. The Labute approximate surface area is 191 Å². The monoisotopic (exact) mass is 505 g/mol. The van der Waals surface area contributed by atoms with Gasteiger partial charge >= 0.3 is 6.18 Å². The molecule has 0 aromatic carbocycles. The Balaban J connectivity index is 2.00. The van der Waals surface area contributed by atoms with E-state index in [2.05, 4.69) is 24.6 Å². The van der Waals surface area contributed by atoms with E-state index in [0.29, 0.717) is 0 Å². The van der Waals surface area contributed by atoms with E-state index in [1.54, 1.807) is 0 Å². The molecule has 15 heteroatoms. The summed E-state index contributed by atoms with van der Waals surface area (Å²) in [7, 11) is -2.60. The van der Waals surface area contributed by atoms with Crippen LogP contribution < -0.4 is 11.1 Å². The van der Waals surface area contributed by atoms with Gasteiger partial charge in [0.05, 0.1) is 11.9 Å². The Morgan fingerprint density at radius 3 is 2.65 bits per heavy atom. The molecular formula is C19H20F5N7O2S. The second-order valence-electron chi connectivity index (χ2n) is 7.69. The molecule has 2 atom stereocenters. The van der Waals surface area contributed by atoms with E-state index in [1.165, 1.54) is 20.9 Å². The van der Waals surface area contributed by atoms with Crippen molar-refractivity contribution in [3.05, 3.63) is 53.0 Å². The predicted octanol–water partition coefficient (Wildman–Crippen LogP) is 2.74. The summed E-state index contributed by atoms with van der Waals surface area (Å²) in [5, 5.41) is 2.39. The fraction of sp³-hybridized carbons (Fsp3) is 0.368. The van der Waals surface area contributed by atoms with E-state index >= 15 is 0 Å². The third kappa shape index (κ3) is 5.24. The predicted molar refractivity (Wildman–Crippen MR) is 114 cm³/mol. The number of carbonyl (C=O) groups excluding carboxylic acids is 1. The van der Waals surface area contributed by atoms with Gasteiger partial charge in [0.2, 0.25) is 5.96 Å². The van der Waals surface area contributed by atoms with E-state index < -0.39 is 63.1 Å². The first-order valence-corrected chi connectivity index (χ1v) is 11.2. The van der Waals surface area contributed by atoms with Crippen molar-refractivity contribution in [3.63, 3.8) is 0 Å². The van der Waals surface area contributed by atoms with Gasteiger partial charge in [0, 0.05) is 7.05 Å². The van der Waals surface area contributed by atoms with Crippen LogP contribution in [0.2, 0.25) is 0 Å². The van der Waals surface area contributed by atoms with Crippen LogP contribution >= 0.6 is 0 Å². The molecule has 34 heavy (non-hydrogen) atoms. The average Bonchev–Trinajstić information content (AvgIpc) is 2.71.